The summed E-state index contributed by atoms with van der Waals surface area (Å²) in [4.78, 5) is 24.9. The van der Waals surface area contributed by atoms with Crippen molar-refractivity contribution in [1.82, 2.24) is 4.98 Å². The van der Waals surface area contributed by atoms with Crippen molar-refractivity contribution in [3.8, 4) is 0 Å². The quantitative estimate of drug-likeness (QED) is 0.529. The summed E-state index contributed by atoms with van der Waals surface area (Å²) < 4.78 is 4.64. The van der Waals surface area contributed by atoms with Crippen molar-refractivity contribution in [2.75, 3.05) is 13.7 Å². The molecule has 0 saturated heterocycles. The third kappa shape index (κ3) is 3.43. The van der Waals surface area contributed by atoms with E-state index < -0.39 is 4.92 Å². The Kier molecular flexibility index (Phi) is 3.87. The molecule has 0 amide bonds. The molecular formula is C9H10N2O4. The molecule has 0 radical (unpaired) electrons. The molecule has 0 aliphatic rings. The standard InChI is InChI=1S/C9H10N2O4/c1-15-6-9(12)5-7-4-8(11(13)14)2-3-10-7/h2-4H,5-6H2,1H3. The monoisotopic (exact) mass is 210 g/mol. The van der Waals surface area contributed by atoms with Crippen LogP contribution in [0.3, 0.4) is 0 Å². The highest BCUT2D eigenvalue weighted by molar-refractivity contribution is 5.81. The van der Waals surface area contributed by atoms with Gasteiger partial charge in [0, 0.05) is 25.4 Å². The maximum Gasteiger partial charge on any atom is 0.272 e. The first kappa shape index (κ1) is 11.3. The first-order chi connectivity index (χ1) is 7.13. The maximum absolute atomic E-state index is 11.2. The molecule has 80 valence electrons. The van der Waals surface area contributed by atoms with Crippen LogP contribution in [0, 0.1) is 10.1 Å². The SMILES string of the molecule is COCC(=O)Cc1cc([N+](=O)[O-])ccn1. The molecule has 1 heterocycles. The number of methoxy groups -OCH3 is 1. The van der Waals surface area contributed by atoms with Gasteiger partial charge in [0.05, 0.1) is 17.0 Å². The molecule has 6 nitrogen and oxygen atoms in total. The molecule has 0 spiro atoms. The Morgan fingerprint density at radius 3 is 3.00 bits per heavy atom. The van der Waals surface area contributed by atoms with E-state index in [1.807, 2.05) is 0 Å². The number of nitro groups is 1. The van der Waals surface area contributed by atoms with Crippen molar-refractivity contribution in [2.45, 2.75) is 6.42 Å². The summed E-state index contributed by atoms with van der Waals surface area (Å²) in [5.74, 6) is -0.162. The van der Waals surface area contributed by atoms with E-state index in [1.54, 1.807) is 0 Å². The van der Waals surface area contributed by atoms with E-state index >= 15 is 0 Å². The minimum atomic E-state index is -0.522. The number of hydrogen-bond acceptors (Lipinski definition) is 5. The fraction of sp³-hybridized carbons (Fsp3) is 0.333. The van der Waals surface area contributed by atoms with Gasteiger partial charge in [0.15, 0.2) is 5.78 Å². The second-order valence-corrected chi connectivity index (χ2v) is 2.91. The molecule has 1 rings (SSSR count). The molecule has 1 aromatic heterocycles. The summed E-state index contributed by atoms with van der Waals surface area (Å²) in [6.45, 7) is -0.00955. The van der Waals surface area contributed by atoms with E-state index in [0.29, 0.717) is 5.69 Å². The Balaban J connectivity index is 2.73. The van der Waals surface area contributed by atoms with E-state index in [9.17, 15) is 14.9 Å². The van der Waals surface area contributed by atoms with Crippen LogP contribution in [0.5, 0.6) is 0 Å². The normalized spacial score (nSPS) is 9.93. The number of ether oxygens (including phenoxy) is 1. The van der Waals surface area contributed by atoms with Crippen LogP contribution in [0.15, 0.2) is 18.3 Å². The van der Waals surface area contributed by atoms with Gasteiger partial charge in [-0.1, -0.05) is 0 Å². The average Bonchev–Trinajstić information content (AvgIpc) is 2.18. The van der Waals surface area contributed by atoms with Gasteiger partial charge in [-0.25, -0.2) is 0 Å². The molecule has 0 aliphatic heterocycles. The molecule has 1 aromatic rings. The molecule has 0 bridgehead atoms. The van der Waals surface area contributed by atoms with Gasteiger partial charge in [-0.2, -0.15) is 0 Å². The third-order valence-corrected chi connectivity index (χ3v) is 1.69. The predicted octanol–water partition coefficient (Wildman–Crippen LogP) is 0.748. The van der Waals surface area contributed by atoms with E-state index in [-0.39, 0.29) is 24.5 Å². The van der Waals surface area contributed by atoms with Crippen molar-refractivity contribution in [3.05, 3.63) is 34.1 Å². The van der Waals surface area contributed by atoms with Gasteiger partial charge >= 0.3 is 0 Å². The van der Waals surface area contributed by atoms with E-state index in [0.717, 1.165) is 0 Å². The van der Waals surface area contributed by atoms with E-state index in [4.69, 9.17) is 0 Å². The van der Waals surface area contributed by atoms with Crippen LogP contribution < -0.4 is 0 Å². The topological polar surface area (TPSA) is 82.3 Å². The molecule has 0 saturated carbocycles. The first-order valence-corrected chi connectivity index (χ1v) is 4.23. The van der Waals surface area contributed by atoms with Gasteiger partial charge in [-0.15, -0.1) is 0 Å². The Labute approximate surface area is 86.0 Å². The number of pyridine rings is 1. The lowest BCUT2D eigenvalue weighted by molar-refractivity contribution is -0.385. The van der Waals surface area contributed by atoms with Gasteiger partial charge in [-0.05, 0) is 0 Å². The molecule has 15 heavy (non-hydrogen) atoms. The predicted molar refractivity (Wildman–Crippen MR) is 51.5 cm³/mol. The van der Waals surface area contributed by atoms with Crippen molar-refractivity contribution in [3.63, 3.8) is 0 Å². The number of nitrogens with zero attached hydrogens (tertiary/aromatic N) is 2. The smallest absolute Gasteiger partial charge is 0.272 e. The average molecular weight is 210 g/mol. The zero-order chi connectivity index (χ0) is 11.3. The number of carbonyl (C=O) groups excluding carboxylic acids is 1. The molecule has 0 N–H and O–H groups in total. The number of Topliss-reactive ketones (excluding diaryl/α,β-unsaturated/α-hetero) is 1. The largest absolute Gasteiger partial charge is 0.377 e. The van der Waals surface area contributed by atoms with E-state index in [2.05, 4.69) is 9.72 Å². The van der Waals surface area contributed by atoms with Gasteiger partial charge in [0.1, 0.15) is 6.61 Å². The van der Waals surface area contributed by atoms with Crippen molar-refractivity contribution in [1.29, 1.82) is 0 Å². The summed E-state index contributed by atoms with van der Waals surface area (Å²) >= 11 is 0. The van der Waals surface area contributed by atoms with Gasteiger partial charge in [-0.3, -0.25) is 19.9 Å². The fourth-order valence-corrected chi connectivity index (χ4v) is 1.09. The Morgan fingerprint density at radius 1 is 1.67 bits per heavy atom. The molecule has 0 unspecified atom stereocenters. The highest BCUT2D eigenvalue weighted by Gasteiger charge is 2.09. The summed E-state index contributed by atoms with van der Waals surface area (Å²) in [6.07, 6.45) is 1.36. The first-order valence-electron chi connectivity index (χ1n) is 4.23. The molecule has 0 aliphatic carbocycles. The van der Waals surface area contributed by atoms with Gasteiger partial charge < -0.3 is 4.74 Å². The Morgan fingerprint density at radius 2 is 2.40 bits per heavy atom. The highest BCUT2D eigenvalue weighted by Crippen LogP contribution is 2.11. The second kappa shape index (κ2) is 5.16. The summed E-state index contributed by atoms with van der Waals surface area (Å²) in [5, 5.41) is 10.4. The number of hydrogen-bond donors (Lipinski definition) is 0. The van der Waals surface area contributed by atoms with Crippen molar-refractivity contribution < 1.29 is 14.5 Å². The highest BCUT2D eigenvalue weighted by atomic mass is 16.6. The van der Waals surface area contributed by atoms with Crippen LogP contribution in [-0.4, -0.2) is 29.4 Å². The summed E-state index contributed by atoms with van der Waals surface area (Å²) in [6, 6.07) is 2.57. The third-order valence-electron chi connectivity index (χ3n) is 1.69. The van der Waals surface area contributed by atoms with Crippen LogP contribution >= 0.6 is 0 Å². The zero-order valence-electron chi connectivity index (χ0n) is 8.17. The minimum absolute atomic E-state index is 0.00955. The van der Waals surface area contributed by atoms with Crippen molar-refractivity contribution in [2.24, 2.45) is 0 Å². The molecule has 0 fully saturated rings. The number of ketones is 1. The lowest BCUT2D eigenvalue weighted by atomic mass is 10.2. The number of aromatic nitrogens is 1. The second-order valence-electron chi connectivity index (χ2n) is 2.91. The minimum Gasteiger partial charge on any atom is -0.377 e. The van der Waals surface area contributed by atoms with Gasteiger partial charge in [0.2, 0.25) is 0 Å². The van der Waals surface area contributed by atoms with E-state index in [1.165, 1.54) is 25.4 Å². The maximum atomic E-state index is 11.2. The van der Waals surface area contributed by atoms with Crippen LogP contribution in [0.1, 0.15) is 5.69 Å². The lowest BCUT2D eigenvalue weighted by Crippen LogP contribution is -2.10. The zero-order valence-corrected chi connectivity index (χ0v) is 8.17. The van der Waals surface area contributed by atoms with Crippen LogP contribution in [0.2, 0.25) is 0 Å². The lowest BCUT2D eigenvalue weighted by Gasteiger charge is -1.99. The fourth-order valence-electron chi connectivity index (χ4n) is 1.09. The molecule has 0 atom stereocenters. The molecule has 0 aromatic carbocycles. The van der Waals surface area contributed by atoms with Crippen LogP contribution in [0.4, 0.5) is 5.69 Å². The summed E-state index contributed by atoms with van der Waals surface area (Å²) in [7, 11) is 1.42. The Hall–Kier alpha value is -1.82. The van der Waals surface area contributed by atoms with Crippen LogP contribution in [0.25, 0.3) is 0 Å². The number of carbonyl (C=O) groups is 1. The Bertz CT molecular complexity index is 378. The van der Waals surface area contributed by atoms with Crippen LogP contribution in [-0.2, 0) is 16.0 Å². The number of rotatable bonds is 5. The van der Waals surface area contributed by atoms with Crippen molar-refractivity contribution >= 4 is 11.5 Å². The van der Waals surface area contributed by atoms with Gasteiger partial charge in [0.25, 0.3) is 5.69 Å². The summed E-state index contributed by atoms with van der Waals surface area (Å²) in [5.41, 5.74) is 0.316. The molecular weight excluding hydrogens is 200 g/mol. The molecule has 6 heteroatoms.